The summed E-state index contributed by atoms with van der Waals surface area (Å²) in [5, 5.41) is 10.2. The van der Waals surface area contributed by atoms with Gasteiger partial charge in [-0.15, -0.1) is 0 Å². The Hall–Kier alpha value is -0.950. The first-order valence-corrected chi connectivity index (χ1v) is 9.26. The molecule has 136 valence electrons. The molecule has 6 heteroatoms. The lowest BCUT2D eigenvalue weighted by Crippen LogP contribution is -2.42. The summed E-state index contributed by atoms with van der Waals surface area (Å²) >= 11 is 0. The van der Waals surface area contributed by atoms with Crippen LogP contribution >= 0.6 is 0 Å². The second-order valence-electron chi connectivity index (χ2n) is 7.25. The summed E-state index contributed by atoms with van der Waals surface area (Å²) in [5.41, 5.74) is 0. The molecular weight excluding hydrogens is 306 g/mol. The summed E-state index contributed by atoms with van der Waals surface area (Å²) in [6.07, 6.45) is 9.35. The average Bonchev–Trinajstić information content (AvgIpc) is 3.20. The largest absolute Gasteiger partial charge is 0.389 e. The van der Waals surface area contributed by atoms with Crippen LogP contribution in [-0.4, -0.2) is 71.2 Å². The van der Waals surface area contributed by atoms with E-state index in [0.29, 0.717) is 25.7 Å². The van der Waals surface area contributed by atoms with E-state index in [-0.39, 0.29) is 6.10 Å². The third-order valence-electron chi connectivity index (χ3n) is 5.10. The van der Waals surface area contributed by atoms with Crippen molar-refractivity contribution in [3.8, 4) is 0 Å². The van der Waals surface area contributed by atoms with Gasteiger partial charge in [0.25, 0.3) is 0 Å². The van der Waals surface area contributed by atoms with Crippen LogP contribution < -0.4 is 0 Å². The fraction of sp³-hybridized carbons (Fsp3) is 0.833. The van der Waals surface area contributed by atoms with Gasteiger partial charge in [-0.25, -0.2) is 4.98 Å². The molecule has 3 rings (SSSR count). The zero-order valence-corrected chi connectivity index (χ0v) is 14.8. The first-order chi connectivity index (χ1) is 11.7. The molecule has 2 fully saturated rings. The van der Waals surface area contributed by atoms with Gasteiger partial charge in [-0.1, -0.05) is 0 Å². The highest BCUT2D eigenvalue weighted by Gasteiger charge is 2.23. The number of β-amino-alcohol motifs (C(OH)–C–C–N with tert-alkyl or cyclic N) is 1. The topological polar surface area (TPSA) is 59.8 Å². The van der Waals surface area contributed by atoms with E-state index >= 15 is 0 Å². The first kappa shape index (κ1) is 17.9. The van der Waals surface area contributed by atoms with Crippen molar-refractivity contribution in [2.24, 2.45) is 13.0 Å². The summed E-state index contributed by atoms with van der Waals surface area (Å²) in [6.45, 7) is 4.67. The number of aliphatic hydroxyl groups is 1. The molecule has 0 aromatic carbocycles. The number of ether oxygens (including phenoxy) is 2. The lowest BCUT2D eigenvalue weighted by molar-refractivity contribution is -0.0281. The Bertz CT molecular complexity index is 488. The quantitative estimate of drug-likeness (QED) is 0.773. The second kappa shape index (κ2) is 8.94. The van der Waals surface area contributed by atoms with Gasteiger partial charge >= 0.3 is 0 Å². The normalized spacial score (nSPS) is 26.8. The maximum atomic E-state index is 10.2. The van der Waals surface area contributed by atoms with Crippen LogP contribution in [-0.2, 0) is 22.9 Å². The standard InChI is InChI=1S/C18H31N3O3/c1-20-8-6-19-18(20)10-15-4-2-7-21(11-15)12-16(22)13-23-14-17-5-3-9-24-17/h6,8,15-17,22H,2-5,7,9-14H2,1H3. The van der Waals surface area contributed by atoms with E-state index in [4.69, 9.17) is 9.47 Å². The molecular formula is C18H31N3O3. The predicted molar refractivity (Wildman–Crippen MR) is 91.9 cm³/mol. The van der Waals surface area contributed by atoms with E-state index in [2.05, 4.69) is 21.5 Å². The van der Waals surface area contributed by atoms with E-state index < -0.39 is 6.10 Å². The molecule has 0 saturated carbocycles. The van der Waals surface area contributed by atoms with Crippen molar-refractivity contribution in [3.63, 3.8) is 0 Å². The molecule has 0 aliphatic carbocycles. The Balaban J connectivity index is 1.35. The smallest absolute Gasteiger partial charge is 0.108 e. The summed E-state index contributed by atoms with van der Waals surface area (Å²) in [7, 11) is 2.05. The van der Waals surface area contributed by atoms with Crippen LogP contribution in [0.5, 0.6) is 0 Å². The molecule has 0 amide bonds. The number of likely N-dealkylation sites (tertiary alicyclic amines) is 1. The summed E-state index contributed by atoms with van der Waals surface area (Å²) in [5.74, 6) is 1.78. The Morgan fingerprint density at radius 3 is 3.08 bits per heavy atom. The summed E-state index contributed by atoms with van der Waals surface area (Å²) < 4.78 is 13.3. The van der Waals surface area contributed by atoms with Crippen molar-refractivity contribution in [1.29, 1.82) is 0 Å². The zero-order chi connectivity index (χ0) is 16.8. The van der Waals surface area contributed by atoms with Crippen LogP contribution in [0.2, 0.25) is 0 Å². The molecule has 24 heavy (non-hydrogen) atoms. The fourth-order valence-electron chi connectivity index (χ4n) is 3.80. The van der Waals surface area contributed by atoms with Crippen LogP contribution in [0.1, 0.15) is 31.5 Å². The van der Waals surface area contributed by atoms with Crippen LogP contribution in [0.25, 0.3) is 0 Å². The number of piperidine rings is 1. The average molecular weight is 337 g/mol. The van der Waals surface area contributed by atoms with E-state index in [1.807, 2.05) is 12.4 Å². The number of imidazole rings is 1. The van der Waals surface area contributed by atoms with Crippen LogP contribution in [0.4, 0.5) is 0 Å². The van der Waals surface area contributed by atoms with Gasteiger partial charge < -0.3 is 24.0 Å². The Morgan fingerprint density at radius 2 is 2.33 bits per heavy atom. The SMILES string of the molecule is Cn1ccnc1CC1CCCN(CC(O)COCC2CCCO2)C1. The number of nitrogens with zero attached hydrogens (tertiary/aromatic N) is 3. The minimum absolute atomic E-state index is 0.231. The molecule has 2 saturated heterocycles. The maximum Gasteiger partial charge on any atom is 0.108 e. The minimum atomic E-state index is -0.418. The van der Waals surface area contributed by atoms with E-state index in [9.17, 15) is 5.11 Å². The van der Waals surface area contributed by atoms with Gasteiger partial charge in [-0.2, -0.15) is 0 Å². The highest BCUT2D eigenvalue weighted by molar-refractivity contribution is 4.94. The predicted octanol–water partition coefficient (Wildman–Crippen LogP) is 1.23. The molecule has 2 aliphatic heterocycles. The van der Waals surface area contributed by atoms with Crippen molar-refractivity contribution in [3.05, 3.63) is 18.2 Å². The van der Waals surface area contributed by atoms with Gasteiger partial charge in [-0.3, -0.25) is 0 Å². The minimum Gasteiger partial charge on any atom is -0.389 e. The van der Waals surface area contributed by atoms with Crippen molar-refractivity contribution in [1.82, 2.24) is 14.5 Å². The Morgan fingerprint density at radius 1 is 1.42 bits per heavy atom. The van der Waals surface area contributed by atoms with Gasteiger partial charge in [-0.05, 0) is 38.1 Å². The third kappa shape index (κ3) is 5.28. The number of hydrogen-bond donors (Lipinski definition) is 1. The van der Waals surface area contributed by atoms with Crippen LogP contribution in [0.15, 0.2) is 12.4 Å². The Kier molecular flexibility index (Phi) is 6.66. The van der Waals surface area contributed by atoms with Crippen molar-refractivity contribution in [2.75, 3.05) is 39.5 Å². The zero-order valence-electron chi connectivity index (χ0n) is 14.8. The molecule has 0 bridgehead atoms. The third-order valence-corrected chi connectivity index (χ3v) is 5.10. The lowest BCUT2D eigenvalue weighted by atomic mass is 9.94. The molecule has 2 aliphatic rings. The van der Waals surface area contributed by atoms with Crippen molar-refractivity contribution >= 4 is 0 Å². The highest BCUT2D eigenvalue weighted by atomic mass is 16.5. The number of aromatic nitrogens is 2. The number of rotatable bonds is 8. The summed E-state index contributed by atoms with van der Waals surface area (Å²) in [4.78, 5) is 6.81. The van der Waals surface area contributed by atoms with E-state index in [0.717, 1.165) is 44.8 Å². The highest BCUT2D eigenvalue weighted by Crippen LogP contribution is 2.20. The van der Waals surface area contributed by atoms with Crippen molar-refractivity contribution < 1.29 is 14.6 Å². The van der Waals surface area contributed by atoms with Crippen molar-refractivity contribution in [2.45, 2.75) is 44.3 Å². The lowest BCUT2D eigenvalue weighted by Gasteiger charge is -2.33. The summed E-state index contributed by atoms with van der Waals surface area (Å²) in [6, 6.07) is 0. The second-order valence-corrected chi connectivity index (χ2v) is 7.25. The van der Waals surface area contributed by atoms with E-state index in [1.165, 1.54) is 12.8 Å². The van der Waals surface area contributed by atoms with Crippen LogP contribution in [0.3, 0.4) is 0 Å². The van der Waals surface area contributed by atoms with Gasteiger partial charge in [0, 0.05) is 45.6 Å². The number of aliphatic hydroxyl groups excluding tert-OH is 1. The molecule has 6 nitrogen and oxygen atoms in total. The molecule has 3 atom stereocenters. The van der Waals surface area contributed by atoms with Gasteiger partial charge in [0.2, 0.25) is 0 Å². The number of hydrogen-bond acceptors (Lipinski definition) is 5. The van der Waals surface area contributed by atoms with Crippen LogP contribution in [0, 0.1) is 5.92 Å². The maximum absolute atomic E-state index is 10.2. The fourth-order valence-corrected chi connectivity index (χ4v) is 3.80. The molecule has 1 N–H and O–H groups in total. The molecule has 3 unspecified atom stereocenters. The molecule has 1 aromatic heterocycles. The monoisotopic (exact) mass is 337 g/mol. The van der Waals surface area contributed by atoms with Gasteiger partial charge in [0.1, 0.15) is 5.82 Å². The molecule has 0 radical (unpaired) electrons. The molecule has 1 aromatic rings. The van der Waals surface area contributed by atoms with Gasteiger partial charge in [0.05, 0.1) is 25.4 Å². The van der Waals surface area contributed by atoms with Gasteiger partial charge in [0.15, 0.2) is 0 Å². The number of aryl methyl sites for hydroxylation is 1. The first-order valence-electron chi connectivity index (χ1n) is 9.26. The molecule has 3 heterocycles. The Labute approximate surface area is 144 Å². The van der Waals surface area contributed by atoms with E-state index in [1.54, 1.807) is 0 Å². The molecule has 0 spiro atoms.